The molecular formula is C18H32N4O2. The molecule has 0 spiro atoms. The minimum atomic E-state index is 0.421. The summed E-state index contributed by atoms with van der Waals surface area (Å²) in [4.78, 5) is 7.13. The topological polar surface area (TPSA) is 62.0 Å². The first-order valence-corrected chi connectivity index (χ1v) is 8.90. The summed E-state index contributed by atoms with van der Waals surface area (Å²) < 4.78 is 10.5. The number of ether oxygens (including phenoxy) is 1. The number of likely N-dealkylation sites (tertiary alicyclic amines) is 1. The van der Waals surface area contributed by atoms with Gasteiger partial charge in [-0.2, -0.15) is 0 Å². The van der Waals surface area contributed by atoms with Crippen LogP contribution in [0.5, 0.6) is 0 Å². The zero-order chi connectivity index (χ0) is 17.4. The lowest BCUT2D eigenvalue weighted by Gasteiger charge is -2.22. The van der Waals surface area contributed by atoms with Crippen LogP contribution in [0, 0.1) is 5.92 Å². The third-order valence-electron chi connectivity index (χ3n) is 4.50. The highest BCUT2D eigenvalue weighted by molar-refractivity contribution is 5.80. The molecule has 1 aromatic heterocycles. The molecule has 0 amide bonds. The molecule has 136 valence electrons. The van der Waals surface area contributed by atoms with Gasteiger partial charge in [-0.3, -0.25) is 9.89 Å². The number of furan rings is 1. The summed E-state index contributed by atoms with van der Waals surface area (Å²) in [5.41, 5.74) is 0. The summed E-state index contributed by atoms with van der Waals surface area (Å²) in [6, 6.07) is 4.92. The van der Waals surface area contributed by atoms with Gasteiger partial charge in [0.05, 0.1) is 19.4 Å². The predicted molar refractivity (Wildman–Crippen MR) is 97.4 cm³/mol. The summed E-state index contributed by atoms with van der Waals surface area (Å²) in [6.07, 6.45) is 2.55. The smallest absolute Gasteiger partial charge is 0.191 e. The Hall–Kier alpha value is -1.53. The minimum absolute atomic E-state index is 0.421. The predicted octanol–water partition coefficient (Wildman–Crippen LogP) is 1.73. The van der Waals surface area contributed by atoms with E-state index in [4.69, 9.17) is 9.15 Å². The van der Waals surface area contributed by atoms with Crippen molar-refractivity contribution in [3.05, 3.63) is 24.2 Å². The fourth-order valence-electron chi connectivity index (χ4n) is 2.95. The van der Waals surface area contributed by atoms with Crippen LogP contribution >= 0.6 is 0 Å². The van der Waals surface area contributed by atoms with E-state index in [-0.39, 0.29) is 0 Å². The standard InChI is InChI=1S/C18H32N4O2/c1-14(2)22-12-15(3)17(13-22)21-18(20-9-11-23-4)19-8-7-16-6-5-10-24-16/h5-6,10,14-15,17H,7-9,11-13H2,1-4H3,(H2,19,20,21). The number of hydrogen-bond donors (Lipinski definition) is 2. The van der Waals surface area contributed by atoms with Gasteiger partial charge in [-0.25, -0.2) is 0 Å². The maximum absolute atomic E-state index is 5.38. The van der Waals surface area contributed by atoms with E-state index in [0.29, 0.717) is 31.2 Å². The van der Waals surface area contributed by atoms with Crippen LogP contribution in [0.1, 0.15) is 26.5 Å². The van der Waals surface area contributed by atoms with Crippen LogP contribution in [-0.4, -0.2) is 62.8 Å². The molecule has 2 rings (SSSR count). The van der Waals surface area contributed by atoms with Crippen LogP contribution in [0.3, 0.4) is 0 Å². The van der Waals surface area contributed by atoms with E-state index in [0.717, 1.165) is 37.8 Å². The fraction of sp³-hybridized carbons (Fsp3) is 0.722. The number of methoxy groups -OCH3 is 1. The molecular weight excluding hydrogens is 304 g/mol. The first-order chi connectivity index (χ1) is 11.6. The Labute approximate surface area is 145 Å². The SMILES string of the molecule is COCCN=C(NCCc1ccco1)NC1CN(C(C)C)CC1C. The number of nitrogens with zero attached hydrogens (tertiary/aromatic N) is 2. The van der Waals surface area contributed by atoms with Gasteiger partial charge in [-0.15, -0.1) is 0 Å². The quantitative estimate of drug-likeness (QED) is 0.430. The van der Waals surface area contributed by atoms with E-state index in [2.05, 4.69) is 41.3 Å². The van der Waals surface area contributed by atoms with Gasteiger partial charge in [0.25, 0.3) is 0 Å². The largest absolute Gasteiger partial charge is 0.469 e. The highest BCUT2D eigenvalue weighted by Gasteiger charge is 2.31. The van der Waals surface area contributed by atoms with Crippen LogP contribution in [0.2, 0.25) is 0 Å². The van der Waals surface area contributed by atoms with Gasteiger partial charge >= 0.3 is 0 Å². The Morgan fingerprint density at radius 3 is 2.92 bits per heavy atom. The number of nitrogens with one attached hydrogen (secondary N) is 2. The van der Waals surface area contributed by atoms with Crippen molar-refractivity contribution in [3.8, 4) is 0 Å². The maximum atomic E-state index is 5.38. The van der Waals surface area contributed by atoms with E-state index < -0.39 is 0 Å². The molecule has 0 bridgehead atoms. The average molecular weight is 336 g/mol. The van der Waals surface area contributed by atoms with Crippen molar-refractivity contribution in [2.75, 3.05) is 39.9 Å². The molecule has 1 fully saturated rings. The molecule has 1 aromatic rings. The van der Waals surface area contributed by atoms with Gasteiger partial charge in [0.1, 0.15) is 5.76 Å². The first-order valence-electron chi connectivity index (χ1n) is 8.90. The highest BCUT2D eigenvalue weighted by Crippen LogP contribution is 2.18. The molecule has 1 saturated heterocycles. The van der Waals surface area contributed by atoms with Crippen molar-refractivity contribution in [1.29, 1.82) is 0 Å². The second kappa shape index (κ2) is 9.69. The van der Waals surface area contributed by atoms with Gasteiger partial charge in [-0.1, -0.05) is 6.92 Å². The second-order valence-electron chi connectivity index (χ2n) is 6.76. The van der Waals surface area contributed by atoms with Crippen LogP contribution in [-0.2, 0) is 11.2 Å². The minimum Gasteiger partial charge on any atom is -0.469 e. The van der Waals surface area contributed by atoms with Crippen LogP contribution in [0.25, 0.3) is 0 Å². The molecule has 0 aromatic carbocycles. The first kappa shape index (κ1) is 18.8. The molecule has 0 aliphatic carbocycles. The monoisotopic (exact) mass is 336 g/mol. The third kappa shape index (κ3) is 5.83. The van der Waals surface area contributed by atoms with E-state index in [1.807, 2.05) is 12.1 Å². The lowest BCUT2D eigenvalue weighted by atomic mass is 10.1. The van der Waals surface area contributed by atoms with Gasteiger partial charge in [0.2, 0.25) is 0 Å². The molecule has 2 N–H and O–H groups in total. The zero-order valence-corrected chi connectivity index (χ0v) is 15.4. The third-order valence-corrected chi connectivity index (χ3v) is 4.50. The number of rotatable bonds is 8. The summed E-state index contributed by atoms with van der Waals surface area (Å²) >= 11 is 0. The Balaban J connectivity index is 1.86. The van der Waals surface area contributed by atoms with Crippen molar-refractivity contribution in [3.63, 3.8) is 0 Å². The summed E-state index contributed by atoms with van der Waals surface area (Å²) in [5.74, 6) is 2.45. The van der Waals surface area contributed by atoms with Crippen molar-refractivity contribution in [2.24, 2.45) is 10.9 Å². The molecule has 0 radical (unpaired) electrons. The van der Waals surface area contributed by atoms with Gasteiger partial charge in [-0.05, 0) is 31.9 Å². The Morgan fingerprint density at radius 2 is 2.29 bits per heavy atom. The normalized spacial score (nSPS) is 22.3. The molecule has 0 saturated carbocycles. The number of hydrogen-bond acceptors (Lipinski definition) is 4. The molecule has 6 heteroatoms. The van der Waals surface area contributed by atoms with Crippen LogP contribution < -0.4 is 10.6 Å². The molecule has 1 aliphatic heterocycles. The van der Waals surface area contributed by atoms with E-state index in [9.17, 15) is 0 Å². The van der Waals surface area contributed by atoms with E-state index >= 15 is 0 Å². The second-order valence-corrected chi connectivity index (χ2v) is 6.76. The van der Waals surface area contributed by atoms with Crippen molar-refractivity contribution >= 4 is 5.96 Å². The molecule has 2 unspecified atom stereocenters. The summed E-state index contributed by atoms with van der Waals surface area (Å²) in [7, 11) is 1.70. The lowest BCUT2D eigenvalue weighted by Crippen LogP contribution is -2.47. The Bertz CT molecular complexity index is 487. The van der Waals surface area contributed by atoms with Gasteiger partial charge < -0.3 is 19.8 Å². The van der Waals surface area contributed by atoms with Crippen molar-refractivity contribution in [2.45, 2.75) is 39.3 Å². The number of aliphatic imine (C=N–C) groups is 1. The Morgan fingerprint density at radius 1 is 1.46 bits per heavy atom. The number of guanidine groups is 1. The van der Waals surface area contributed by atoms with Gasteiger partial charge in [0, 0.05) is 45.2 Å². The van der Waals surface area contributed by atoms with Crippen molar-refractivity contribution in [1.82, 2.24) is 15.5 Å². The zero-order valence-electron chi connectivity index (χ0n) is 15.4. The average Bonchev–Trinajstić information content (AvgIpc) is 3.18. The van der Waals surface area contributed by atoms with E-state index in [1.54, 1.807) is 13.4 Å². The maximum Gasteiger partial charge on any atom is 0.191 e. The molecule has 2 atom stereocenters. The Kier molecular flexibility index (Phi) is 7.59. The summed E-state index contributed by atoms with van der Waals surface area (Å²) in [5, 5.41) is 7.01. The molecule has 1 aliphatic rings. The summed E-state index contributed by atoms with van der Waals surface area (Å²) in [6.45, 7) is 11.1. The van der Waals surface area contributed by atoms with Crippen LogP contribution in [0.4, 0.5) is 0 Å². The molecule has 24 heavy (non-hydrogen) atoms. The molecule has 6 nitrogen and oxygen atoms in total. The van der Waals surface area contributed by atoms with Crippen LogP contribution in [0.15, 0.2) is 27.8 Å². The highest BCUT2D eigenvalue weighted by atomic mass is 16.5. The molecule has 2 heterocycles. The van der Waals surface area contributed by atoms with Crippen molar-refractivity contribution < 1.29 is 9.15 Å². The van der Waals surface area contributed by atoms with E-state index in [1.165, 1.54) is 0 Å². The van der Waals surface area contributed by atoms with Gasteiger partial charge in [0.15, 0.2) is 5.96 Å². The fourth-order valence-corrected chi connectivity index (χ4v) is 2.95. The lowest BCUT2D eigenvalue weighted by molar-refractivity contribution is 0.207.